The van der Waals surface area contributed by atoms with Gasteiger partial charge in [0.25, 0.3) is 0 Å². The molecule has 2 aliphatic heterocycles. The summed E-state index contributed by atoms with van der Waals surface area (Å²) < 4.78 is 5.66. The summed E-state index contributed by atoms with van der Waals surface area (Å²) >= 11 is 0. The van der Waals surface area contributed by atoms with Crippen molar-refractivity contribution < 1.29 is 9.53 Å². The van der Waals surface area contributed by atoms with Gasteiger partial charge in [-0.25, -0.2) is 0 Å². The largest absolute Gasteiger partial charge is 0.378 e. The van der Waals surface area contributed by atoms with Crippen LogP contribution in [0.25, 0.3) is 0 Å². The van der Waals surface area contributed by atoms with Crippen LogP contribution in [-0.2, 0) is 9.53 Å². The van der Waals surface area contributed by atoms with Gasteiger partial charge in [0.1, 0.15) is 0 Å². The van der Waals surface area contributed by atoms with Gasteiger partial charge < -0.3 is 15.0 Å². The topological polar surface area (TPSA) is 41.6 Å². The van der Waals surface area contributed by atoms with Crippen molar-refractivity contribution in [2.45, 2.75) is 51.0 Å². The molecule has 0 saturated carbocycles. The molecule has 4 heteroatoms. The van der Waals surface area contributed by atoms with Crippen LogP contribution in [0.2, 0.25) is 0 Å². The minimum Gasteiger partial charge on any atom is -0.378 e. The summed E-state index contributed by atoms with van der Waals surface area (Å²) in [4.78, 5) is 14.3. The van der Waals surface area contributed by atoms with E-state index in [0.29, 0.717) is 12.3 Å². The van der Waals surface area contributed by atoms with Crippen molar-refractivity contribution in [3.8, 4) is 0 Å². The lowest BCUT2D eigenvalue weighted by molar-refractivity contribution is -0.136. The van der Waals surface area contributed by atoms with E-state index in [1.165, 1.54) is 25.7 Å². The van der Waals surface area contributed by atoms with Crippen LogP contribution in [0, 0.1) is 5.92 Å². The van der Waals surface area contributed by atoms with Crippen LogP contribution in [0.15, 0.2) is 0 Å². The molecule has 0 aromatic heterocycles. The lowest BCUT2D eigenvalue weighted by atomic mass is 9.93. The van der Waals surface area contributed by atoms with Gasteiger partial charge in [0.2, 0.25) is 5.91 Å². The van der Waals surface area contributed by atoms with E-state index >= 15 is 0 Å². The molecule has 2 saturated heterocycles. The molecule has 110 valence electrons. The average Bonchev–Trinajstić information content (AvgIpc) is 2.46. The summed E-state index contributed by atoms with van der Waals surface area (Å²) in [6.45, 7) is 3.82. The van der Waals surface area contributed by atoms with Crippen LogP contribution in [0.5, 0.6) is 0 Å². The number of nitrogens with one attached hydrogen (secondary N) is 1. The Labute approximate surface area is 116 Å². The van der Waals surface area contributed by atoms with Crippen LogP contribution in [0.1, 0.15) is 44.9 Å². The van der Waals surface area contributed by atoms with Gasteiger partial charge in [0.15, 0.2) is 0 Å². The Kier molecular flexibility index (Phi) is 6.11. The van der Waals surface area contributed by atoms with Gasteiger partial charge in [-0.1, -0.05) is 0 Å². The first kappa shape index (κ1) is 14.8. The molecule has 1 atom stereocenters. The molecule has 2 aliphatic rings. The molecular weight excluding hydrogens is 240 g/mol. The Morgan fingerprint density at radius 1 is 1.26 bits per heavy atom. The second-order valence-corrected chi connectivity index (χ2v) is 5.91. The number of hydrogen-bond donors (Lipinski definition) is 1. The maximum atomic E-state index is 12.2. The van der Waals surface area contributed by atoms with Crippen molar-refractivity contribution in [2.75, 3.05) is 33.3 Å². The summed E-state index contributed by atoms with van der Waals surface area (Å²) in [6.07, 6.45) is 7.78. The molecule has 1 unspecified atom stereocenters. The predicted octanol–water partition coefficient (Wildman–Crippen LogP) is 1.79. The van der Waals surface area contributed by atoms with E-state index in [9.17, 15) is 4.79 Å². The van der Waals surface area contributed by atoms with Crippen molar-refractivity contribution in [1.29, 1.82) is 0 Å². The molecule has 1 amide bonds. The summed E-state index contributed by atoms with van der Waals surface area (Å²) in [7, 11) is 2.00. The van der Waals surface area contributed by atoms with E-state index < -0.39 is 0 Å². The van der Waals surface area contributed by atoms with E-state index in [1.54, 1.807) is 0 Å². The van der Waals surface area contributed by atoms with Gasteiger partial charge in [0, 0.05) is 19.7 Å². The third-order valence-electron chi connectivity index (χ3n) is 4.45. The lowest BCUT2D eigenvalue weighted by Gasteiger charge is -2.33. The van der Waals surface area contributed by atoms with Crippen molar-refractivity contribution in [3.05, 3.63) is 0 Å². The Balaban J connectivity index is 1.67. The smallest absolute Gasteiger partial charge is 0.225 e. The van der Waals surface area contributed by atoms with Crippen LogP contribution >= 0.6 is 0 Å². The monoisotopic (exact) mass is 268 g/mol. The minimum atomic E-state index is 0.184. The maximum Gasteiger partial charge on any atom is 0.225 e. The zero-order chi connectivity index (χ0) is 13.5. The minimum absolute atomic E-state index is 0.184. The third kappa shape index (κ3) is 4.77. The highest BCUT2D eigenvalue weighted by atomic mass is 16.5. The summed E-state index contributed by atoms with van der Waals surface area (Å²) in [5.74, 6) is 1.10. The molecule has 0 aromatic rings. The average molecular weight is 268 g/mol. The van der Waals surface area contributed by atoms with Crippen LogP contribution in [-0.4, -0.2) is 50.2 Å². The van der Waals surface area contributed by atoms with Gasteiger partial charge in [-0.15, -0.1) is 0 Å². The molecule has 0 radical (unpaired) electrons. The molecular formula is C15H28N2O2. The SMILES string of the molecule is CNCCC1CCN(C(=O)CC2CCCCO2)CC1. The van der Waals surface area contributed by atoms with E-state index in [4.69, 9.17) is 4.74 Å². The normalized spacial score (nSPS) is 25.5. The fraction of sp³-hybridized carbons (Fsp3) is 0.933. The van der Waals surface area contributed by atoms with Gasteiger partial charge in [-0.05, 0) is 58.0 Å². The standard InChI is InChI=1S/C15H28N2O2/c1-16-8-5-13-6-9-17(10-7-13)15(18)12-14-4-2-3-11-19-14/h13-14,16H,2-12H2,1H3. The van der Waals surface area contributed by atoms with E-state index in [2.05, 4.69) is 5.32 Å². The zero-order valence-corrected chi connectivity index (χ0v) is 12.2. The summed E-state index contributed by atoms with van der Waals surface area (Å²) in [5, 5.41) is 3.21. The molecule has 2 rings (SSSR count). The number of carbonyl (C=O) groups excluding carboxylic acids is 1. The van der Waals surface area contributed by atoms with Gasteiger partial charge >= 0.3 is 0 Å². The highest BCUT2D eigenvalue weighted by Crippen LogP contribution is 2.22. The first-order valence-electron chi connectivity index (χ1n) is 7.83. The Morgan fingerprint density at radius 2 is 2.05 bits per heavy atom. The van der Waals surface area contributed by atoms with Gasteiger partial charge in [0.05, 0.1) is 12.5 Å². The van der Waals surface area contributed by atoms with Gasteiger partial charge in [-0.2, -0.15) is 0 Å². The number of nitrogens with zero attached hydrogens (tertiary/aromatic N) is 1. The number of amides is 1. The fourth-order valence-corrected chi connectivity index (χ4v) is 3.11. The Morgan fingerprint density at radius 3 is 2.68 bits per heavy atom. The molecule has 0 aromatic carbocycles. The number of carbonyl (C=O) groups is 1. The molecule has 0 aliphatic carbocycles. The third-order valence-corrected chi connectivity index (χ3v) is 4.45. The first-order chi connectivity index (χ1) is 9.29. The number of rotatable bonds is 5. The second kappa shape index (κ2) is 7.85. The highest BCUT2D eigenvalue weighted by molar-refractivity contribution is 5.76. The first-order valence-corrected chi connectivity index (χ1v) is 7.83. The molecule has 0 bridgehead atoms. The maximum absolute atomic E-state index is 12.2. The van der Waals surface area contributed by atoms with Crippen molar-refractivity contribution in [2.24, 2.45) is 5.92 Å². The summed E-state index contributed by atoms with van der Waals surface area (Å²) in [5.41, 5.74) is 0. The molecule has 0 spiro atoms. The molecule has 1 N–H and O–H groups in total. The number of hydrogen-bond acceptors (Lipinski definition) is 3. The van der Waals surface area contributed by atoms with Crippen LogP contribution in [0.3, 0.4) is 0 Å². The molecule has 19 heavy (non-hydrogen) atoms. The van der Waals surface area contributed by atoms with E-state index in [1.807, 2.05) is 11.9 Å². The number of ether oxygens (including phenoxy) is 1. The van der Waals surface area contributed by atoms with Gasteiger partial charge in [-0.3, -0.25) is 4.79 Å². The van der Waals surface area contributed by atoms with E-state index in [-0.39, 0.29) is 6.10 Å². The number of piperidine rings is 1. The number of likely N-dealkylation sites (tertiary alicyclic amines) is 1. The second-order valence-electron chi connectivity index (χ2n) is 5.91. The lowest BCUT2D eigenvalue weighted by Crippen LogP contribution is -2.40. The van der Waals surface area contributed by atoms with Crippen molar-refractivity contribution >= 4 is 5.91 Å². The predicted molar refractivity (Wildman–Crippen MR) is 76.1 cm³/mol. The Hall–Kier alpha value is -0.610. The van der Waals surface area contributed by atoms with Crippen LogP contribution < -0.4 is 5.32 Å². The zero-order valence-electron chi connectivity index (χ0n) is 12.2. The Bertz CT molecular complexity index is 269. The molecule has 4 nitrogen and oxygen atoms in total. The van der Waals surface area contributed by atoms with Crippen molar-refractivity contribution in [3.63, 3.8) is 0 Å². The highest BCUT2D eigenvalue weighted by Gasteiger charge is 2.25. The molecule has 2 heterocycles. The fourth-order valence-electron chi connectivity index (χ4n) is 3.11. The quantitative estimate of drug-likeness (QED) is 0.826. The van der Waals surface area contributed by atoms with Crippen LogP contribution in [0.4, 0.5) is 0 Å². The summed E-state index contributed by atoms with van der Waals surface area (Å²) in [6, 6.07) is 0. The van der Waals surface area contributed by atoms with Crippen molar-refractivity contribution in [1.82, 2.24) is 10.2 Å². The van der Waals surface area contributed by atoms with E-state index in [0.717, 1.165) is 45.0 Å². The molecule has 2 fully saturated rings.